The van der Waals surface area contributed by atoms with Gasteiger partial charge in [-0.1, -0.05) is 0 Å². The molecule has 3 heteroatoms. The molecule has 0 atom stereocenters. The van der Waals surface area contributed by atoms with Crippen LogP contribution in [0.15, 0.2) is 0 Å². The largest absolute Gasteiger partial charge is 0.468 e. The van der Waals surface area contributed by atoms with E-state index in [1.165, 1.54) is 7.11 Å². The zero-order chi connectivity index (χ0) is 6.78. The Morgan fingerprint density at radius 3 is 2.00 bits per heavy atom. The number of ether oxygens (including phenoxy) is 1. The molecule has 0 aromatic carbocycles. The van der Waals surface area contributed by atoms with Gasteiger partial charge in [-0.2, -0.15) is 0 Å². The molecule has 0 radical (unpaired) electrons. The molecule has 0 saturated carbocycles. The molecule has 2 nitrogen and oxygen atoms in total. The number of carbonyl (C=O) groups is 1. The van der Waals surface area contributed by atoms with Gasteiger partial charge in [0.1, 0.15) is 4.87 Å². The van der Waals surface area contributed by atoms with E-state index in [1.54, 1.807) is 13.8 Å². The van der Waals surface area contributed by atoms with E-state index in [-0.39, 0.29) is 0 Å². The van der Waals surface area contributed by atoms with E-state index < -0.39 is 10.8 Å². The van der Waals surface area contributed by atoms with Crippen LogP contribution in [0.4, 0.5) is 0 Å². The maximum atomic E-state index is 10.5. The Kier molecular flexibility index (Phi) is 2.28. The summed E-state index contributed by atoms with van der Waals surface area (Å²) >= 11 is 5.51. The lowest BCUT2D eigenvalue weighted by Crippen LogP contribution is -2.25. The SMILES string of the molecule is COC(=O)C(C)(C)Cl. The van der Waals surface area contributed by atoms with E-state index in [1.807, 2.05) is 0 Å². The van der Waals surface area contributed by atoms with Gasteiger partial charge in [0.05, 0.1) is 7.11 Å². The number of carbonyl (C=O) groups excluding carboxylic acids is 1. The smallest absolute Gasteiger partial charge is 0.326 e. The summed E-state index contributed by atoms with van der Waals surface area (Å²) in [6, 6.07) is 0. The highest BCUT2D eigenvalue weighted by molar-refractivity contribution is 6.33. The minimum absolute atomic E-state index is 0.404. The van der Waals surface area contributed by atoms with Crippen LogP contribution in [0.5, 0.6) is 0 Å². The second kappa shape index (κ2) is 2.35. The zero-order valence-corrected chi connectivity index (χ0v) is 5.95. The Bertz CT molecular complexity index is 93.1. The van der Waals surface area contributed by atoms with Crippen LogP contribution in [-0.4, -0.2) is 18.0 Å². The lowest BCUT2D eigenvalue weighted by molar-refractivity contribution is -0.142. The van der Waals surface area contributed by atoms with Crippen molar-refractivity contribution >= 4 is 17.6 Å². The molecule has 0 amide bonds. The highest BCUT2D eigenvalue weighted by atomic mass is 35.5. The van der Waals surface area contributed by atoms with Crippen molar-refractivity contribution < 1.29 is 9.53 Å². The molecule has 0 spiro atoms. The lowest BCUT2D eigenvalue weighted by atomic mass is 10.2. The summed E-state index contributed by atoms with van der Waals surface area (Å²) in [7, 11) is 1.31. The van der Waals surface area contributed by atoms with Gasteiger partial charge in [0.15, 0.2) is 0 Å². The number of halogens is 1. The Morgan fingerprint density at radius 2 is 2.00 bits per heavy atom. The van der Waals surface area contributed by atoms with Crippen molar-refractivity contribution in [1.29, 1.82) is 0 Å². The number of esters is 1. The molecule has 0 fully saturated rings. The van der Waals surface area contributed by atoms with Crippen molar-refractivity contribution in [3.05, 3.63) is 0 Å². The molecular formula is C5H9ClO2. The van der Waals surface area contributed by atoms with E-state index in [9.17, 15) is 4.79 Å². The molecule has 0 heterocycles. The predicted molar refractivity (Wildman–Crippen MR) is 31.9 cm³/mol. The Hall–Kier alpha value is -0.240. The molecule has 8 heavy (non-hydrogen) atoms. The third-order valence-electron chi connectivity index (χ3n) is 0.671. The monoisotopic (exact) mass is 136 g/mol. The topological polar surface area (TPSA) is 26.3 Å². The molecule has 48 valence electrons. The van der Waals surface area contributed by atoms with E-state index in [0.717, 1.165) is 0 Å². The van der Waals surface area contributed by atoms with Gasteiger partial charge in [-0.15, -0.1) is 11.6 Å². The van der Waals surface area contributed by atoms with Crippen molar-refractivity contribution in [1.82, 2.24) is 0 Å². The first-order valence-corrected chi connectivity index (χ1v) is 2.63. The normalized spacial score (nSPS) is 11.0. The summed E-state index contributed by atoms with van der Waals surface area (Å²) < 4.78 is 4.34. The fourth-order valence-electron chi connectivity index (χ4n) is 0.243. The second-order valence-electron chi connectivity index (χ2n) is 1.96. The maximum absolute atomic E-state index is 10.5. The fraction of sp³-hybridized carbons (Fsp3) is 0.800. The molecule has 0 aliphatic rings. The van der Waals surface area contributed by atoms with Crippen LogP contribution >= 0.6 is 11.6 Å². The molecule has 0 aromatic heterocycles. The van der Waals surface area contributed by atoms with Crippen LogP contribution in [-0.2, 0) is 9.53 Å². The van der Waals surface area contributed by atoms with E-state index in [2.05, 4.69) is 4.74 Å². The van der Waals surface area contributed by atoms with Crippen molar-refractivity contribution in [3.63, 3.8) is 0 Å². The molecule has 0 aliphatic carbocycles. The summed E-state index contributed by atoms with van der Waals surface area (Å²) in [5, 5.41) is 0. The maximum Gasteiger partial charge on any atom is 0.326 e. The molecule has 0 aliphatic heterocycles. The summed E-state index contributed by atoms with van der Waals surface area (Å²) in [6.45, 7) is 3.17. The second-order valence-corrected chi connectivity index (χ2v) is 2.91. The molecule has 0 saturated heterocycles. The minimum atomic E-state index is -0.880. The first-order valence-electron chi connectivity index (χ1n) is 2.26. The third-order valence-corrected chi connectivity index (χ3v) is 0.825. The highest BCUT2D eigenvalue weighted by Crippen LogP contribution is 2.13. The van der Waals surface area contributed by atoms with E-state index in [4.69, 9.17) is 11.6 Å². The van der Waals surface area contributed by atoms with Crippen LogP contribution in [0, 0.1) is 0 Å². The number of rotatable bonds is 1. The van der Waals surface area contributed by atoms with Gasteiger partial charge in [-0.05, 0) is 13.8 Å². The van der Waals surface area contributed by atoms with E-state index >= 15 is 0 Å². The van der Waals surface area contributed by atoms with Gasteiger partial charge in [-0.3, -0.25) is 4.79 Å². The standard InChI is InChI=1S/C5H9ClO2/c1-5(2,6)4(7)8-3/h1-3H3. The van der Waals surface area contributed by atoms with Crippen LogP contribution in [0.25, 0.3) is 0 Å². The van der Waals surface area contributed by atoms with Crippen molar-refractivity contribution in [2.24, 2.45) is 0 Å². The van der Waals surface area contributed by atoms with Crippen molar-refractivity contribution in [2.75, 3.05) is 7.11 Å². The van der Waals surface area contributed by atoms with Gasteiger partial charge in [0.2, 0.25) is 0 Å². The highest BCUT2D eigenvalue weighted by Gasteiger charge is 2.24. The first-order chi connectivity index (χ1) is 3.48. The molecule has 0 aromatic rings. The number of alkyl halides is 1. The van der Waals surface area contributed by atoms with Crippen molar-refractivity contribution in [2.45, 2.75) is 18.7 Å². The Balaban J connectivity index is 3.82. The first kappa shape index (κ1) is 7.76. The van der Waals surface area contributed by atoms with Gasteiger partial charge >= 0.3 is 5.97 Å². The summed E-state index contributed by atoms with van der Waals surface area (Å²) in [4.78, 5) is 9.60. The number of hydrogen-bond acceptors (Lipinski definition) is 2. The molecule has 0 unspecified atom stereocenters. The summed E-state index contributed by atoms with van der Waals surface area (Å²) in [5.74, 6) is -0.404. The summed E-state index contributed by atoms with van der Waals surface area (Å²) in [5.41, 5.74) is 0. The van der Waals surface area contributed by atoms with Crippen LogP contribution < -0.4 is 0 Å². The van der Waals surface area contributed by atoms with Crippen molar-refractivity contribution in [3.8, 4) is 0 Å². The fourth-order valence-corrected chi connectivity index (χ4v) is 0.320. The molecular weight excluding hydrogens is 128 g/mol. The zero-order valence-electron chi connectivity index (χ0n) is 5.19. The minimum Gasteiger partial charge on any atom is -0.468 e. The van der Waals surface area contributed by atoms with Crippen LogP contribution in [0.1, 0.15) is 13.8 Å². The summed E-state index contributed by atoms with van der Waals surface area (Å²) in [6.07, 6.45) is 0. The van der Waals surface area contributed by atoms with Gasteiger partial charge in [0.25, 0.3) is 0 Å². The number of methoxy groups -OCH3 is 1. The quantitative estimate of drug-likeness (QED) is 0.400. The van der Waals surface area contributed by atoms with Crippen LogP contribution in [0.2, 0.25) is 0 Å². The molecule has 0 N–H and O–H groups in total. The van der Waals surface area contributed by atoms with Crippen LogP contribution in [0.3, 0.4) is 0 Å². The predicted octanol–water partition coefficient (Wildman–Crippen LogP) is 1.18. The molecule has 0 bridgehead atoms. The third kappa shape index (κ3) is 2.17. The Morgan fingerprint density at radius 1 is 1.62 bits per heavy atom. The number of hydrogen-bond donors (Lipinski definition) is 0. The van der Waals surface area contributed by atoms with Gasteiger partial charge in [-0.25, -0.2) is 0 Å². The van der Waals surface area contributed by atoms with Gasteiger partial charge in [0, 0.05) is 0 Å². The Labute approximate surface area is 53.8 Å². The average molecular weight is 137 g/mol. The molecule has 0 rings (SSSR count). The lowest BCUT2D eigenvalue weighted by Gasteiger charge is -2.10. The average Bonchev–Trinajstić information content (AvgIpc) is 1.62. The van der Waals surface area contributed by atoms with E-state index in [0.29, 0.717) is 0 Å². The van der Waals surface area contributed by atoms with Gasteiger partial charge < -0.3 is 4.74 Å².